The zero-order valence-electron chi connectivity index (χ0n) is 7.29. The van der Waals surface area contributed by atoms with Gasteiger partial charge < -0.3 is 4.52 Å². The van der Waals surface area contributed by atoms with Gasteiger partial charge in [-0.1, -0.05) is 21.1 Å². The van der Waals surface area contributed by atoms with Gasteiger partial charge in [-0.15, -0.1) is 0 Å². The minimum Gasteiger partial charge on any atom is -0.339 e. The highest BCUT2D eigenvalue weighted by Crippen LogP contribution is 2.22. The summed E-state index contributed by atoms with van der Waals surface area (Å²) >= 11 is 3.17. The topological polar surface area (TPSA) is 38.9 Å². The lowest BCUT2D eigenvalue weighted by Crippen LogP contribution is -1.86. The number of rotatable bonds is 1. The third-order valence-corrected chi connectivity index (χ3v) is 2.19. The first kappa shape index (κ1) is 9.33. The van der Waals surface area contributed by atoms with Gasteiger partial charge in [0.1, 0.15) is 5.82 Å². The summed E-state index contributed by atoms with van der Waals surface area (Å²) in [5.41, 5.74) is 0.338. The first-order chi connectivity index (χ1) is 6.66. The summed E-state index contributed by atoms with van der Waals surface area (Å²) in [5, 5.41) is 3.64. The third-order valence-electron chi connectivity index (χ3n) is 1.70. The van der Waals surface area contributed by atoms with Gasteiger partial charge >= 0.3 is 0 Å². The van der Waals surface area contributed by atoms with Crippen molar-refractivity contribution in [1.29, 1.82) is 0 Å². The van der Waals surface area contributed by atoms with Crippen LogP contribution in [0.4, 0.5) is 4.39 Å². The average molecular weight is 257 g/mol. The Bertz CT molecular complexity index is 470. The Labute approximate surface area is 88.1 Å². The predicted octanol–water partition coefficient (Wildman–Crippen LogP) is 2.95. The minimum absolute atomic E-state index is 0.271. The molecular formula is C9H6BrFN2O. The maximum Gasteiger partial charge on any atom is 0.223 e. The lowest BCUT2D eigenvalue weighted by molar-refractivity contribution is 0.394. The van der Waals surface area contributed by atoms with Gasteiger partial charge in [-0.05, 0) is 18.2 Å². The number of hydrogen-bond acceptors (Lipinski definition) is 3. The molecule has 0 aliphatic carbocycles. The normalized spacial score (nSPS) is 10.5. The molecular weight excluding hydrogens is 251 g/mol. The molecule has 0 amide bonds. The van der Waals surface area contributed by atoms with Gasteiger partial charge in [0.15, 0.2) is 0 Å². The van der Waals surface area contributed by atoms with Gasteiger partial charge in [0.2, 0.25) is 11.7 Å². The molecule has 5 heteroatoms. The average Bonchev–Trinajstić information content (AvgIpc) is 2.51. The van der Waals surface area contributed by atoms with Crippen molar-refractivity contribution < 1.29 is 8.91 Å². The summed E-state index contributed by atoms with van der Waals surface area (Å²) in [6.07, 6.45) is 0. The van der Waals surface area contributed by atoms with Gasteiger partial charge in [0.05, 0.1) is 5.56 Å². The van der Waals surface area contributed by atoms with Crippen LogP contribution in [0.1, 0.15) is 5.89 Å². The van der Waals surface area contributed by atoms with Crippen LogP contribution in [0.3, 0.4) is 0 Å². The zero-order chi connectivity index (χ0) is 10.1. The van der Waals surface area contributed by atoms with E-state index in [1.54, 1.807) is 19.1 Å². The lowest BCUT2D eigenvalue weighted by Gasteiger charge is -1.96. The first-order valence-electron chi connectivity index (χ1n) is 3.92. The highest BCUT2D eigenvalue weighted by atomic mass is 79.9. The highest BCUT2D eigenvalue weighted by molar-refractivity contribution is 9.10. The maximum atomic E-state index is 13.4. The summed E-state index contributed by atoms with van der Waals surface area (Å²) in [7, 11) is 0. The fraction of sp³-hybridized carbons (Fsp3) is 0.111. The fourth-order valence-electron chi connectivity index (χ4n) is 1.08. The summed E-state index contributed by atoms with van der Waals surface area (Å²) in [4.78, 5) is 3.94. The van der Waals surface area contributed by atoms with Crippen LogP contribution < -0.4 is 0 Å². The molecule has 1 heterocycles. The molecule has 14 heavy (non-hydrogen) atoms. The monoisotopic (exact) mass is 256 g/mol. The molecule has 0 aliphatic heterocycles. The van der Waals surface area contributed by atoms with Crippen LogP contribution in [0.25, 0.3) is 11.4 Å². The van der Waals surface area contributed by atoms with Crippen molar-refractivity contribution in [3.63, 3.8) is 0 Å². The van der Waals surface area contributed by atoms with Crippen molar-refractivity contribution in [2.75, 3.05) is 0 Å². The van der Waals surface area contributed by atoms with Gasteiger partial charge in [-0.3, -0.25) is 0 Å². The van der Waals surface area contributed by atoms with Crippen molar-refractivity contribution in [3.05, 3.63) is 34.4 Å². The first-order valence-corrected chi connectivity index (χ1v) is 4.72. The molecule has 0 spiro atoms. The zero-order valence-corrected chi connectivity index (χ0v) is 8.88. The second kappa shape index (κ2) is 3.49. The van der Waals surface area contributed by atoms with Crippen LogP contribution in [0.5, 0.6) is 0 Å². The minimum atomic E-state index is -0.375. The fourth-order valence-corrected chi connectivity index (χ4v) is 1.41. The van der Waals surface area contributed by atoms with E-state index >= 15 is 0 Å². The van der Waals surface area contributed by atoms with E-state index in [2.05, 4.69) is 26.1 Å². The molecule has 0 bridgehead atoms. The van der Waals surface area contributed by atoms with Crippen LogP contribution in [0.15, 0.2) is 27.2 Å². The van der Waals surface area contributed by atoms with Gasteiger partial charge in [-0.25, -0.2) is 4.39 Å². The molecule has 2 rings (SSSR count). The standard InChI is InChI=1S/C9H6BrFN2O/c1-5-12-9(13-14-5)7-3-2-6(10)4-8(7)11/h2-4H,1H3. The smallest absolute Gasteiger partial charge is 0.223 e. The Morgan fingerprint density at radius 2 is 2.21 bits per heavy atom. The second-order valence-corrected chi connectivity index (χ2v) is 3.68. The number of aryl methyl sites for hydroxylation is 1. The Morgan fingerprint density at radius 1 is 1.43 bits per heavy atom. The molecule has 0 unspecified atom stereocenters. The molecule has 0 radical (unpaired) electrons. The van der Waals surface area contributed by atoms with Crippen molar-refractivity contribution in [3.8, 4) is 11.4 Å². The van der Waals surface area contributed by atoms with Crippen molar-refractivity contribution in [2.45, 2.75) is 6.92 Å². The number of aromatic nitrogens is 2. The molecule has 1 aromatic carbocycles. The van der Waals surface area contributed by atoms with E-state index in [4.69, 9.17) is 4.52 Å². The number of halogens is 2. The van der Waals surface area contributed by atoms with Crippen molar-refractivity contribution in [1.82, 2.24) is 10.1 Å². The van der Waals surface area contributed by atoms with Gasteiger partial charge in [0.25, 0.3) is 0 Å². The van der Waals surface area contributed by atoms with Crippen LogP contribution in [-0.4, -0.2) is 10.1 Å². The van der Waals surface area contributed by atoms with Crippen molar-refractivity contribution >= 4 is 15.9 Å². The Balaban J connectivity index is 2.52. The molecule has 0 N–H and O–H groups in total. The Kier molecular flexibility index (Phi) is 2.33. The van der Waals surface area contributed by atoms with E-state index in [9.17, 15) is 4.39 Å². The highest BCUT2D eigenvalue weighted by Gasteiger charge is 2.10. The molecule has 72 valence electrons. The van der Waals surface area contributed by atoms with Crippen molar-refractivity contribution in [2.24, 2.45) is 0 Å². The Hall–Kier alpha value is -1.23. The molecule has 0 saturated carbocycles. The largest absolute Gasteiger partial charge is 0.339 e. The molecule has 0 atom stereocenters. The summed E-state index contributed by atoms with van der Waals surface area (Å²) < 4.78 is 18.8. The summed E-state index contributed by atoms with van der Waals surface area (Å²) in [6, 6.07) is 4.69. The van der Waals surface area contributed by atoms with E-state index in [1.807, 2.05) is 0 Å². The van der Waals surface area contributed by atoms with Crippen LogP contribution >= 0.6 is 15.9 Å². The van der Waals surface area contributed by atoms with Gasteiger partial charge in [0, 0.05) is 11.4 Å². The second-order valence-electron chi connectivity index (χ2n) is 2.76. The van der Waals surface area contributed by atoms with Crippen LogP contribution in [-0.2, 0) is 0 Å². The molecule has 2 aromatic rings. The SMILES string of the molecule is Cc1nc(-c2ccc(Br)cc2F)no1. The summed E-state index contributed by atoms with van der Waals surface area (Å²) in [5.74, 6) is 0.315. The lowest BCUT2D eigenvalue weighted by atomic mass is 10.2. The third kappa shape index (κ3) is 1.68. The van der Waals surface area contributed by atoms with E-state index in [0.29, 0.717) is 15.9 Å². The molecule has 0 fully saturated rings. The molecule has 3 nitrogen and oxygen atoms in total. The van der Waals surface area contributed by atoms with E-state index in [-0.39, 0.29) is 11.6 Å². The van der Waals surface area contributed by atoms with Crippen LogP contribution in [0, 0.1) is 12.7 Å². The molecule has 1 aromatic heterocycles. The van der Waals surface area contributed by atoms with Crippen LogP contribution in [0.2, 0.25) is 0 Å². The quantitative estimate of drug-likeness (QED) is 0.788. The van der Waals surface area contributed by atoms with Gasteiger partial charge in [-0.2, -0.15) is 4.98 Å². The predicted molar refractivity (Wildman–Crippen MR) is 52.1 cm³/mol. The molecule has 0 saturated heterocycles. The number of nitrogens with zero attached hydrogens (tertiary/aromatic N) is 2. The van der Waals surface area contributed by atoms with E-state index in [0.717, 1.165) is 0 Å². The molecule has 0 aliphatic rings. The number of benzene rings is 1. The summed E-state index contributed by atoms with van der Waals surface area (Å²) in [6.45, 7) is 1.66. The van der Waals surface area contributed by atoms with E-state index in [1.165, 1.54) is 6.07 Å². The maximum absolute atomic E-state index is 13.4. The Morgan fingerprint density at radius 3 is 2.79 bits per heavy atom. The number of hydrogen-bond donors (Lipinski definition) is 0. The van der Waals surface area contributed by atoms with E-state index < -0.39 is 0 Å².